The summed E-state index contributed by atoms with van der Waals surface area (Å²) in [5.41, 5.74) is 14.4. The molecule has 0 radical (unpaired) electrons. The molecule has 0 saturated heterocycles. The van der Waals surface area contributed by atoms with E-state index in [1.54, 1.807) is 0 Å². The predicted octanol–water partition coefficient (Wildman–Crippen LogP) is 6.73. The average molecular weight is 399 g/mol. The molecule has 0 saturated carbocycles. The lowest BCUT2D eigenvalue weighted by molar-refractivity contribution is 1.19. The highest BCUT2D eigenvalue weighted by Gasteiger charge is 2.09. The first-order valence-electron chi connectivity index (χ1n) is 10.2. The maximum absolute atomic E-state index is 6.11. The van der Waals surface area contributed by atoms with Crippen molar-refractivity contribution < 1.29 is 0 Å². The van der Waals surface area contributed by atoms with Gasteiger partial charge in [0.05, 0.1) is 11.4 Å². The number of nitrogen functional groups attached to an aromatic ring is 1. The molecule has 0 bridgehead atoms. The van der Waals surface area contributed by atoms with Gasteiger partial charge >= 0.3 is 0 Å². The van der Waals surface area contributed by atoms with E-state index in [2.05, 4.69) is 70.6 Å². The van der Waals surface area contributed by atoms with Gasteiger partial charge in [0, 0.05) is 11.1 Å². The fraction of sp³-hybridized carbons (Fsp3) is 0. The third-order valence-electron chi connectivity index (χ3n) is 5.27. The fourth-order valence-electron chi connectivity index (χ4n) is 3.74. The van der Waals surface area contributed by atoms with Crippen LogP contribution in [0.3, 0.4) is 0 Å². The molecule has 3 heteroatoms. The second kappa shape index (κ2) is 8.25. The smallest absolute Gasteiger partial charge is 0.221 e. The average Bonchev–Trinajstić information content (AvgIpc) is 2.85. The van der Waals surface area contributed by atoms with E-state index in [1.165, 1.54) is 11.1 Å². The van der Waals surface area contributed by atoms with Gasteiger partial charge in [0.2, 0.25) is 5.95 Å². The summed E-state index contributed by atoms with van der Waals surface area (Å²) in [5.74, 6) is 0.266. The number of nitrogens with zero attached hydrogens (tertiary/aromatic N) is 2. The van der Waals surface area contributed by atoms with Crippen LogP contribution in [0.5, 0.6) is 0 Å². The predicted molar refractivity (Wildman–Crippen MR) is 128 cm³/mol. The number of benzene rings is 4. The number of aromatic nitrogens is 2. The van der Waals surface area contributed by atoms with Crippen molar-refractivity contribution in [1.82, 2.24) is 9.97 Å². The summed E-state index contributed by atoms with van der Waals surface area (Å²) in [5, 5.41) is 0. The number of anilines is 1. The Hall–Kier alpha value is -4.24. The van der Waals surface area contributed by atoms with Gasteiger partial charge in [-0.25, -0.2) is 9.97 Å². The maximum Gasteiger partial charge on any atom is 0.221 e. The molecule has 0 spiro atoms. The van der Waals surface area contributed by atoms with Gasteiger partial charge in [0.15, 0.2) is 0 Å². The molecule has 0 atom stereocenters. The van der Waals surface area contributed by atoms with E-state index < -0.39 is 0 Å². The van der Waals surface area contributed by atoms with E-state index in [9.17, 15) is 0 Å². The molecule has 0 fully saturated rings. The van der Waals surface area contributed by atoms with Gasteiger partial charge in [-0.05, 0) is 40.5 Å². The monoisotopic (exact) mass is 399 g/mol. The molecule has 1 heterocycles. The quantitative estimate of drug-likeness (QED) is 0.365. The van der Waals surface area contributed by atoms with Crippen LogP contribution in [0.2, 0.25) is 0 Å². The van der Waals surface area contributed by atoms with E-state index in [0.717, 1.165) is 33.6 Å². The van der Waals surface area contributed by atoms with Gasteiger partial charge in [-0.2, -0.15) is 0 Å². The lowest BCUT2D eigenvalue weighted by Gasteiger charge is -2.10. The largest absolute Gasteiger partial charge is 0.368 e. The van der Waals surface area contributed by atoms with Gasteiger partial charge in [0.1, 0.15) is 0 Å². The first-order chi connectivity index (χ1) is 15.3. The Morgan fingerprint density at radius 3 is 1.23 bits per heavy atom. The minimum Gasteiger partial charge on any atom is -0.368 e. The van der Waals surface area contributed by atoms with Crippen LogP contribution in [-0.4, -0.2) is 9.97 Å². The van der Waals surface area contributed by atoms with Crippen molar-refractivity contribution in [3.63, 3.8) is 0 Å². The summed E-state index contributed by atoms with van der Waals surface area (Å²) in [6.07, 6.45) is 0. The van der Waals surface area contributed by atoms with E-state index in [0.29, 0.717) is 0 Å². The molecule has 2 N–H and O–H groups in total. The first-order valence-corrected chi connectivity index (χ1v) is 10.2. The van der Waals surface area contributed by atoms with Crippen molar-refractivity contribution in [2.24, 2.45) is 0 Å². The molecular weight excluding hydrogens is 378 g/mol. The molecule has 0 aliphatic carbocycles. The molecule has 148 valence electrons. The van der Waals surface area contributed by atoms with Crippen molar-refractivity contribution in [1.29, 1.82) is 0 Å². The van der Waals surface area contributed by atoms with Crippen molar-refractivity contribution in [3.05, 3.63) is 115 Å². The van der Waals surface area contributed by atoms with Crippen LogP contribution in [0.25, 0.3) is 44.8 Å². The molecule has 1 aromatic heterocycles. The third kappa shape index (κ3) is 4.07. The Morgan fingerprint density at radius 1 is 0.387 bits per heavy atom. The van der Waals surface area contributed by atoms with Gasteiger partial charge in [-0.3, -0.25) is 0 Å². The maximum atomic E-state index is 6.11. The molecule has 3 nitrogen and oxygen atoms in total. The fourth-order valence-corrected chi connectivity index (χ4v) is 3.74. The molecule has 5 aromatic rings. The Morgan fingerprint density at radius 2 is 0.774 bits per heavy atom. The second-order valence-electron chi connectivity index (χ2n) is 7.39. The lowest BCUT2D eigenvalue weighted by atomic mass is 9.99. The minimum atomic E-state index is 0.266. The first kappa shape index (κ1) is 18.8. The zero-order valence-electron chi connectivity index (χ0n) is 16.9. The number of rotatable bonds is 4. The molecule has 0 amide bonds. The summed E-state index contributed by atoms with van der Waals surface area (Å²) in [6, 6.07) is 39.3. The number of hydrogen-bond donors (Lipinski definition) is 1. The summed E-state index contributed by atoms with van der Waals surface area (Å²) in [7, 11) is 0. The topological polar surface area (TPSA) is 51.8 Å². The third-order valence-corrected chi connectivity index (χ3v) is 5.27. The molecule has 31 heavy (non-hydrogen) atoms. The van der Waals surface area contributed by atoms with Gasteiger partial charge < -0.3 is 5.73 Å². The van der Waals surface area contributed by atoms with Crippen molar-refractivity contribution in [3.8, 4) is 44.8 Å². The van der Waals surface area contributed by atoms with Crippen LogP contribution in [0, 0.1) is 0 Å². The van der Waals surface area contributed by atoms with Gasteiger partial charge in [-0.1, -0.05) is 97.1 Å². The van der Waals surface area contributed by atoms with Crippen LogP contribution in [0.1, 0.15) is 0 Å². The van der Waals surface area contributed by atoms with E-state index in [-0.39, 0.29) is 5.95 Å². The standard InChI is InChI=1S/C28H21N3/c29-28-30-26(24-15-7-13-22(17-24)20-9-3-1-4-10-20)19-27(31-28)25-16-8-14-23(18-25)21-11-5-2-6-12-21/h1-19H,(H2,29,30,31). The lowest BCUT2D eigenvalue weighted by Crippen LogP contribution is -1.99. The molecule has 0 aliphatic rings. The van der Waals surface area contributed by atoms with Crippen LogP contribution >= 0.6 is 0 Å². The highest BCUT2D eigenvalue weighted by molar-refractivity contribution is 5.76. The number of nitrogens with two attached hydrogens (primary N) is 1. The minimum absolute atomic E-state index is 0.266. The molecule has 0 unspecified atom stereocenters. The Bertz CT molecular complexity index is 1230. The molecular formula is C28H21N3. The molecule has 5 rings (SSSR count). The highest BCUT2D eigenvalue weighted by atomic mass is 15.0. The Kier molecular flexibility index (Phi) is 4.99. The van der Waals surface area contributed by atoms with Crippen LogP contribution in [-0.2, 0) is 0 Å². The Labute approximate surface area is 181 Å². The summed E-state index contributed by atoms with van der Waals surface area (Å²) >= 11 is 0. The van der Waals surface area contributed by atoms with Gasteiger partial charge in [0.25, 0.3) is 0 Å². The zero-order chi connectivity index (χ0) is 21.0. The summed E-state index contributed by atoms with van der Waals surface area (Å²) < 4.78 is 0. The second-order valence-corrected chi connectivity index (χ2v) is 7.39. The van der Waals surface area contributed by atoms with Crippen LogP contribution < -0.4 is 5.73 Å². The van der Waals surface area contributed by atoms with Crippen molar-refractivity contribution in [2.75, 3.05) is 5.73 Å². The van der Waals surface area contributed by atoms with E-state index in [4.69, 9.17) is 5.73 Å². The molecule has 0 aliphatic heterocycles. The SMILES string of the molecule is Nc1nc(-c2cccc(-c3ccccc3)c2)cc(-c2cccc(-c3ccccc3)c2)n1. The number of hydrogen-bond acceptors (Lipinski definition) is 3. The summed E-state index contributed by atoms with van der Waals surface area (Å²) in [4.78, 5) is 9.02. The van der Waals surface area contributed by atoms with Crippen LogP contribution in [0.4, 0.5) is 5.95 Å². The Balaban J connectivity index is 1.56. The normalized spacial score (nSPS) is 10.7. The van der Waals surface area contributed by atoms with E-state index >= 15 is 0 Å². The molecule has 4 aromatic carbocycles. The van der Waals surface area contributed by atoms with E-state index in [1.807, 2.05) is 54.6 Å². The highest BCUT2D eigenvalue weighted by Crippen LogP contribution is 2.30. The van der Waals surface area contributed by atoms with Crippen LogP contribution in [0.15, 0.2) is 115 Å². The van der Waals surface area contributed by atoms with Gasteiger partial charge in [-0.15, -0.1) is 0 Å². The van der Waals surface area contributed by atoms with Crippen molar-refractivity contribution in [2.45, 2.75) is 0 Å². The van der Waals surface area contributed by atoms with Crippen molar-refractivity contribution >= 4 is 5.95 Å². The zero-order valence-corrected chi connectivity index (χ0v) is 16.9. The summed E-state index contributed by atoms with van der Waals surface area (Å²) in [6.45, 7) is 0.